The summed E-state index contributed by atoms with van der Waals surface area (Å²) in [5, 5.41) is 7.27. The summed E-state index contributed by atoms with van der Waals surface area (Å²) in [5.74, 6) is -1.96. The van der Waals surface area contributed by atoms with Crippen LogP contribution in [0, 0.1) is 11.6 Å². The summed E-state index contributed by atoms with van der Waals surface area (Å²) in [7, 11) is 0. The van der Waals surface area contributed by atoms with Crippen LogP contribution >= 0.6 is 0 Å². The predicted octanol–water partition coefficient (Wildman–Crippen LogP) is 6.52. The fourth-order valence-electron chi connectivity index (χ4n) is 4.63. The summed E-state index contributed by atoms with van der Waals surface area (Å²) in [6.07, 6.45) is 1.06. The molecule has 0 aliphatic carbocycles. The van der Waals surface area contributed by atoms with Crippen LogP contribution in [-0.2, 0) is 19.6 Å². The average molecular weight is 490 g/mol. The first kappa shape index (κ1) is 25.6. The van der Waals surface area contributed by atoms with Crippen molar-refractivity contribution in [3.8, 4) is 0 Å². The lowest BCUT2D eigenvalue weighted by atomic mass is 10.0. The van der Waals surface area contributed by atoms with Gasteiger partial charge in [0.15, 0.2) is 11.6 Å². The number of fused-ring (bicyclic) bond motifs is 1. The second kappa shape index (κ2) is 11.5. The van der Waals surface area contributed by atoms with Crippen molar-refractivity contribution < 1.29 is 13.6 Å². The van der Waals surface area contributed by atoms with Crippen LogP contribution in [0.3, 0.4) is 0 Å². The molecule has 0 unspecified atom stereocenters. The third-order valence-corrected chi connectivity index (χ3v) is 6.32. The number of nitrogens with one attached hydrogen (secondary N) is 2. The summed E-state index contributed by atoms with van der Waals surface area (Å²) in [6.45, 7) is 8.77. The van der Waals surface area contributed by atoms with E-state index in [1.54, 1.807) is 0 Å². The summed E-state index contributed by atoms with van der Waals surface area (Å²) < 4.78 is 29.2. The van der Waals surface area contributed by atoms with Crippen molar-refractivity contribution in [3.05, 3.63) is 106 Å². The molecule has 3 aromatic carbocycles. The second-order valence-corrected chi connectivity index (χ2v) is 9.45. The van der Waals surface area contributed by atoms with Crippen LogP contribution in [0.2, 0.25) is 0 Å². The second-order valence-electron chi connectivity index (χ2n) is 9.45. The first-order chi connectivity index (χ1) is 17.4. The number of hydrogen-bond donors (Lipinski definition) is 2. The summed E-state index contributed by atoms with van der Waals surface area (Å²) in [6, 6.07) is 20.1. The molecule has 1 heterocycles. The van der Waals surface area contributed by atoms with Gasteiger partial charge in [-0.1, -0.05) is 69.3 Å². The molecule has 4 aromatic rings. The minimum Gasteiger partial charge on any atom is -0.348 e. The molecule has 0 radical (unpaired) electrons. The Morgan fingerprint density at radius 1 is 0.889 bits per heavy atom. The van der Waals surface area contributed by atoms with Gasteiger partial charge in [0.25, 0.3) is 5.91 Å². The van der Waals surface area contributed by atoms with E-state index in [9.17, 15) is 13.6 Å². The highest BCUT2D eigenvalue weighted by atomic mass is 19.2. The average Bonchev–Trinajstić information content (AvgIpc) is 3.19. The zero-order valence-electron chi connectivity index (χ0n) is 21.1. The van der Waals surface area contributed by atoms with E-state index in [0.29, 0.717) is 17.7 Å². The number of rotatable bonds is 10. The third-order valence-electron chi connectivity index (χ3n) is 6.32. The highest BCUT2D eigenvalue weighted by molar-refractivity contribution is 6.08. The van der Waals surface area contributed by atoms with Crippen LogP contribution in [0.1, 0.15) is 65.9 Å². The maximum atomic E-state index is 13.7. The number of carbonyl (C=O) groups is 1. The molecule has 0 saturated heterocycles. The van der Waals surface area contributed by atoms with Crippen molar-refractivity contribution in [2.45, 2.75) is 52.7 Å². The largest absolute Gasteiger partial charge is 0.348 e. The summed E-state index contributed by atoms with van der Waals surface area (Å²) in [4.78, 5) is 13.6. The first-order valence-electron chi connectivity index (χ1n) is 12.5. The Bertz CT molecular complexity index is 1350. The molecular weight excluding hydrogens is 456 g/mol. The summed E-state index contributed by atoms with van der Waals surface area (Å²) in [5.41, 5.74) is 5.41. The minimum atomic E-state index is -0.923. The lowest BCUT2D eigenvalue weighted by molar-refractivity contribution is 0.0951. The molecule has 2 N–H and O–H groups in total. The van der Waals surface area contributed by atoms with Gasteiger partial charge in [0.05, 0.1) is 5.56 Å². The number of hydrogen-bond acceptors (Lipinski definition) is 2. The fraction of sp³-hybridized carbons (Fsp3) is 0.300. The van der Waals surface area contributed by atoms with E-state index in [1.165, 1.54) is 6.07 Å². The van der Waals surface area contributed by atoms with Gasteiger partial charge in [-0.3, -0.25) is 4.79 Å². The van der Waals surface area contributed by atoms with Crippen molar-refractivity contribution >= 4 is 16.8 Å². The normalized spacial score (nSPS) is 11.4. The smallest absolute Gasteiger partial charge is 0.254 e. The molecule has 36 heavy (non-hydrogen) atoms. The number of carbonyl (C=O) groups excluding carboxylic acids is 1. The summed E-state index contributed by atoms with van der Waals surface area (Å²) >= 11 is 0. The Morgan fingerprint density at radius 2 is 1.61 bits per heavy atom. The van der Waals surface area contributed by atoms with Crippen molar-refractivity contribution in [2.75, 3.05) is 6.54 Å². The lowest BCUT2D eigenvalue weighted by Crippen LogP contribution is -2.24. The molecule has 0 bridgehead atoms. The van der Waals surface area contributed by atoms with E-state index < -0.39 is 11.6 Å². The van der Waals surface area contributed by atoms with Crippen LogP contribution in [0.15, 0.2) is 66.7 Å². The van der Waals surface area contributed by atoms with Gasteiger partial charge in [0.1, 0.15) is 0 Å². The van der Waals surface area contributed by atoms with Gasteiger partial charge in [-0.2, -0.15) is 0 Å². The van der Waals surface area contributed by atoms with Gasteiger partial charge in [-0.05, 0) is 53.8 Å². The van der Waals surface area contributed by atoms with E-state index in [0.717, 1.165) is 59.4 Å². The van der Waals surface area contributed by atoms with Crippen molar-refractivity contribution in [1.29, 1.82) is 0 Å². The van der Waals surface area contributed by atoms with E-state index >= 15 is 0 Å². The number of benzene rings is 3. The van der Waals surface area contributed by atoms with Gasteiger partial charge in [0, 0.05) is 36.2 Å². The monoisotopic (exact) mass is 489 g/mol. The predicted molar refractivity (Wildman–Crippen MR) is 141 cm³/mol. The molecule has 1 amide bonds. The Labute approximate surface area is 211 Å². The van der Waals surface area contributed by atoms with Crippen molar-refractivity contribution in [1.82, 2.24) is 15.2 Å². The third kappa shape index (κ3) is 5.65. The van der Waals surface area contributed by atoms with Crippen LogP contribution in [-0.4, -0.2) is 17.0 Å². The van der Waals surface area contributed by atoms with Crippen LogP contribution in [0.25, 0.3) is 10.9 Å². The fourth-order valence-corrected chi connectivity index (χ4v) is 4.63. The molecule has 4 nitrogen and oxygen atoms in total. The van der Waals surface area contributed by atoms with Gasteiger partial charge >= 0.3 is 0 Å². The molecule has 6 heteroatoms. The standard InChI is InChI=1S/C30H33F2N3O/c1-4-14-33-17-23-10-12-24-27(16-23)35(19-21-8-6-5-7-9-21)29(20(2)3)28(24)30(36)34-18-22-11-13-25(31)26(32)15-22/h5-13,15-16,20,33H,4,14,17-19H2,1-3H3,(H,34,36). The Kier molecular flexibility index (Phi) is 8.16. The Morgan fingerprint density at radius 3 is 2.31 bits per heavy atom. The zero-order chi connectivity index (χ0) is 25.7. The minimum absolute atomic E-state index is 0.0896. The van der Waals surface area contributed by atoms with Crippen LogP contribution in [0.4, 0.5) is 8.78 Å². The van der Waals surface area contributed by atoms with Crippen LogP contribution < -0.4 is 10.6 Å². The van der Waals surface area contributed by atoms with E-state index in [2.05, 4.69) is 60.2 Å². The number of amides is 1. The highest BCUT2D eigenvalue weighted by Gasteiger charge is 2.25. The van der Waals surface area contributed by atoms with E-state index in [1.807, 2.05) is 24.3 Å². The van der Waals surface area contributed by atoms with Crippen molar-refractivity contribution in [3.63, 3.8) is 0 Å². The lowest BCUT2D eigenvalue weighted by Gasteiger charge is -2.16. The molecule has 0 fully saturated rings. The van der Waals surface area contributed by atoms with Gasteiger partial charge < -0.3 is 15.2 Å². The maximum absolute atomic E-state index is 13.7. The molecule has 4 rings (SSSR count). The van der Waals surface area contributed by atoms with Crippen LogP contribution in [0.5, 0.6) is 0 Å². The quantitative estimate of drug-likeness (QED) is 0.249. The molecule has 188 valence electrons. The van der Waals surface area contributed by atoms with Crippen molar-refractivity contribution in [2.24, 2.45) is 0 Å². The van der Waals surface area contributed by atoms with E-state index in [-0.39, 0.29) is 18.4 Å². The molecule has 0 spiro atoms. The van der Waals surface area contributed by atoms with Gasteiger partial charge in [-0.15, -0.1) is 0 Å². The topological polar surface area (TPSA) is 46.1 Å². The molecule has 0 atom stereocenters. The first-order valence-corrected chi connectivity index (χ1v) is 12.5. The van der Waals surface area contributed by atoms with Gasteiger partial charge in [-0.25, -0.2) is 8.78 Å². The highest BCUT2D eigenvalue weighted by Crippen LogP contribution is 2.33. The Hall–Kier alpha value is -3.51. The Balaban J connectivity index is 1.75. The SMILES string of the molecule is CCCNCc1ccc2c(C(=O)NCc3ccc(F)c(F)c3)c(C(C)C)n(Cc3ccccc3)c2c1. The number of nitrogens with zero attached hydrogens (tertiary/aromatic N) is 1. The molecule has 0 saturated carbocycles. The van der Waals surface area contributed by atoms with Gasteiger partial charge in [0.2, 0.25) is 0 Å². The molecule has 0 aliphatic rings. The zero-order valence-corrected chi connectivity index (χ0v) is 21.1. The number of aromatic nitrogens is 1. The number of halogens is 2. The molecule has 1 aromatic heterocycles. The maximum Gasteiger partial charge on any atom is 0.254 e. The van der Waals surface area contributed by atoms with E-state index in [4.69, 9.17) is 0 Å². The molecular formula is C30H33F2N3O. The molecule has 0 aliphatic heterocycles.